The van der Waals surface area contributed by atoms with Crippen molar-refractivity contribution in [3.05, 3.63) is 120 Å². The van der Waals surface area contributed by atoms with Gasteiger partial charge in [0.2, 0.25) is 0 Å². The van der Waals surface area contributed by atoms with Crippen molar-refractivity contribution in [1.29, 1.82) is 0 Å². The fourth-order valence-corrected chi connectivity index (χ4v) is 5.59. The Hall–Kier alpha value is -6.03. The first-order valence-corrected chi connectivity index (χ1v) is 16.7. The number of fused-ring (bicyclic) bond motifs is 2. The van der Waals surface area contributed by atoms with Crippen LogP contribution in [0.5, 0.6) is 0 Å². The predicted octanol–water partition coefficient (Wildman–Crippen LogP) is 8.69. The van der Waals surface area contributed by atoms with E-state index in [-0.39, 0.29) is 11.8 Å². The normalized spacial score (nSPS) is 14.5. The summed E-state index contributed by atoms with van der Waals surface area (Å²) in [6.45, 7) is 13.7. The van der Waals surface area contributed by atoms with Gasteiger partial charge in [-0.3, -0.25) is 14.9 Å². The zero-order valence-corrected chi connectivity index (χ0v) is 29.3. The van der Waals surface area contributed by atoms with Crippen LogP contribution in [0.1, 0.15) is 51.3 Å². The zero-order valence-electron chi connectivity index (χ0n) is 29.3. The molecule has 0 aliphatic carbocycles. The lowest BCUT2D eigenvalue weighted by Gasteiger charge is -2.21. The summed E-state index contributed by atoms with van der Waals surface area (Å²) in [6, 6.07) is 28.9. The molecule has 50 heavy (non-hydrogen) atoms. The van der Waals surface area contributed by atoms with Crippen LogP contribution in [0.3, 0.4) is 0 Å². The van der Waals surface area contributed by atoms with Crippen LogP contribution >= 0.6 is 0 Å². The number of amides is 3. The first-order chi connectivity index (χ1) is 24.0. The minimum atomic E-state index is -0.548. The van der Waals surface area contributed by atoms with Crippen molar-refractivity contribution in [3.8, 4) is 0 Å². The van der Waals surface area contributed by atoms with Gasteiger partial charge >= 0.3 is 6.09 Å². The minimum Gasteiger partial charge on any atom is -0.444 e. The van der Waals surface area contributed by atoms with Crippen molar-refractivity contribution in [2.45, 2.75) is 47.1 Å². The molecule has 0 bridgehead atoms. The summed E-state index contributed by atoms with van der Waals surface area (Å²) < 4.78 is 5.22. The Morgan fingerprint density at radius 3 is 1.90 bits per heavy atom. The molecule has 5 N–H and O–H groups in total. The average Bonchev–Trinajstić information content (AvgIpc) is 3.59. The third-order valence-electron chi connectivity index (χ3n) is 8.04. The smallest absolute Gasteiger partial charge is 0.412 e. The Labute approximate surface area is 293 Å². The van der Waals surface area contributed by atoms with Crippen LogP contribution < -0.4 is 31.5 Å². The molecule has 0 unspecified atom stereocenters. The van der Waals surface area contributed by atoms with Gasteiger partial charge in [0, 0.05) is 70.7 Å². The fourth-order valence-electron chi connectivity index (χ4n) is 5.59. The molecular weight excluding hydrogens is 628 g/mol. The Kier molecular flexibility index (Phi) is 10.9. The number of carbonyl (C=O) groups excluding carboxylic acids is 3. The van der Waals surface area contributed by atoms with E-state index in [0.717, 1.165) is 52.5 Å². The van der Waals surface area contributed by atoms with Gasteiger partial charge in [0.15, 0.2) is 0 Å². The summed E-state index contributed by atoms with van der Waals surface area (Å²) in [6.07, 6.45) is 2.97. The maximum Gasteiger partial charge on any atom is 0.412 e. The molecule has 2 aliphatic rings. The van der Waals surface area contributed by atoms with Gasteiger partial charge in [-0.05, 0) is 108 Å². The lowest BCUT2D eigenvalue weighted by Crippen LogP contribution is -2.27. The Morgan fingerprint density at radius 1 is 0.720 bits per heavy atom. The number of carbonyl (C=O) groups is 3. The second kappa shape index (κ2) is 15.5. The molecule has 6 rings (SSSR count). The number of nitrogens with zero attached hydrogens (tertiary/aromatic N) is 1. The van der Waals surface area contributed by atoms with Gasteiger partial charge in [-0.1, -0.05) is 30.3 Å². The number of ether oxygens (including phenoxy) is 1. The second-order valence-corrected chi connectivity index (χ2v) is 12.8. The molecule has 0 saturated carbocycles. The quantitative estimate of drug-likeness (QED) is 0.119. The van der Waals surface area contributed by atoms with Crippen LogP contribution in [0.2, 0.25) is 0 Å². The molecule has 0 saturated heterocycles. The van der Waals surface area contributed by atoms with E-state index in [1.807, 2.05) is 94.4 Å². The highest BCUT2D eigenvalue weighted by molar-refractivity contribution is 6.32. The highest BCUT2D eigenvalue weighted by Gasteiger charge is 2.25. The molecule has 10 heteroatoms. The van der Waals surface area contributed by atoms with E-state index in [0.29, 0.717) is 16.8 Å². The third-order valence-corrected chi connectivity index (χ3v) is 8.04. The predicted molar refractivity (Wildman–Crippen MR) is 204 cm³/mol. The first kappa shape index (κ1) is 35.3. The van der Waals surface area contributed by atoms with E-state index >= 15 is 0 Å². The van der Waals surface area contributed by atoms with E-state index in [1.54, 1.807) is 24.5 Å². The number of hydrogen-bond donors (Lipinski definition) is 5. The summed E-state index contributed by atoms with van der Waals surface area (Å²) >= 11 is 0. The summed E-state index contributed by atoms with van der Waals surface area (Å²) in [7, 11) is 0. The van der Waals surface area contributed by atoms with Crippen molar-refractivity contribution < 1.29 is 19.1 Å². The maximum atomic E-state index is 12.2. The van der Waals surface area contributed by atoms with Gasteiger partial charge in [-0.2, -0.15) is 0 Å². The molecule has 0 fully saturated rings. The largest absolute Gasteiger partial charge is 0.444 e. The highest BCUT2D eigenvalue weighted by Crippen LogP contribution is 2.34. The third kappa shape index (κ3) is 8.70. The molecule has 2 heterocycles. The number of benzene rings is 4. The molecule has 258 valence electrons. The van der Waals surface area contributed by atoms with E-state index < -0.39 is 11.7 Å². The Morgan fingerprint density at radius 2 is 1.26 bits per heavy atom. The van der Waals surface area contributed by atoms with Crippen LogP contribution in [0.15, 0.2) is 103 Å². The van der Waals surface area contributed by atoms with Gasteiger partial charge in [0.25, 0.3) is 11.8 Å². The monoisotopic (exact) mass is 672 g/mol. The molecular formula is C40H44N6O4. The zero-order chi connectivity index (χ0) is 35.8. The number of nitrogens with one attached hydrogen (secondary N) is 5. The molecule has 4 aromatic rings. The van der Waals surface area contributed by atoms with Crippen molar-refractivity contribution in [2.24, 2.45) is 0 Å². The first-order valence-electron chi connectivity index (χ1n) is 16.7. The molecule has 4 aromatic carbocycles. The van der Waals surface area contributed by atoms with E-state index in [4.69, 9.17) is 4.74 Å². The van der Waals surface area contributed by atoms with Gasteiger partial charge in [-0.25, -0.2) is 4.79 Å². The highest BCUT2D eigenvalue weighted by atomic mass is 16.6. The van der Waals surface area contributed by atoms with Gasteiger partial charge in [-0.15, -0.1) is 0 Å². The lowest BCUT2D eigenvalue weighted by molar-refractivity contribution is -0.111. The molecule has 0 radical (unpaired) electrons. The molecule has 0 aromatic heterocycles. The summed E-state index contributed by atoms with van der Waals surface area (Å²) in [5.74, 6) is -0.200. The van der Waals surface area contributed by atoms with E-state index in [9.17, 15) is 14.4 Å². The van der Waals surface area contributed by atoms with Gasteiger partial charge in [0.05, 0.1) is 11.1 Å². The van der Waals surface area contributed by atoms with Crippen molar-refractivity contribution >= 4 is 63.2 Å². The average molecular weight is 673 g/mol. The lowest BCUT2D eigenvalue weighted by atomic mass is 10.0. The Balaban J connectivity index is 0.000000197. The Bertz CT molecular complexity index is 1920. The fraction of sp³-hybridized carbons (Fsp3) is 0.225. The number of aryl methyl sites for hydroxylation is 1. The van der Waals surface area contributed by atoms with Crippen LogP contribution in [0.4, 0.5) is 38.9 Å². The molecule has 2 aliphatic heterocycles. The van der Waals surface area contributed by atoms with Crippen molar-refractivity contribution in [2.75, 3.05) is 44.6 Å². The summed E-state index contributed by atoms with van der Waals surface area (Å²) in [5.41, 5.74) is 8.88. The molecule has 0 atom stereocenters. The van der Waals surface area contributed by atoms with Crippen LogP contribution in [-0.4, -0.2) is 36.6 Å². The maximum absolute atomic E-state index is 12.2. The minimum absolute atomic E-state index is 0.0709. The number of rotatable bonds is 8. The molecule has 3 amide bonds. The number of anilines is 6. The van der Waals surface area contributed by atoms with Crippen molar-refractivity contribution in [1.82, 2.24) is 0 Å². The van der Waals surface area contributed by atoms with Crippen LogP contribution in [0.25, 0.3) is 11.1 Å². The summed E-state index contributed by atoms with van der Waals surface area (Å²) in [4.78, 5) is 38.4. The van der Waals surface area contributed by atoms with Crippen molar-refractivity contribution in [3.63, 3.8) is 0 Å². The number of hydrogen-bond acceptors (Lipinski definition) is 7. The second-order valence-electron chi connectivity index (χ2n) is 12.8. The van der Waals surface area contributed by atoms with Crippen LogP contribution in [0, 0.1) is 6.92 Å². The number of para-hydroxylation sites is 1. The standard InChI is InChI=1S/C21H23N3O3.C19H21N3O/c1-13-6-5-7-17-18(13)16(19(25)24-17)12-22-14-8-10-15(11-9-14)23-20(26)27-21(2,3)4;1-3-22(4-2)15-11-9-14(10-12-15)20-13-17-16-7-5-6-8-18(16)21-19(17)23/h5-12,22H,1-4H3,(H,23,26)(H,24,25);5-13,20H,3-4H2,1-2H3,(H,21,23). The summed E-state index contributed by atoms with van der Waals surface area (Å²) in [5, 5.41) is 14.8. The SMILES string of the molecule is CCN(CC)c1ccc(NC=C2C(=O)Nc3ccccc32)cc1.Cc1cccc2c1C(=CNc1ccc(NC(=O)OC(C)(C)C)cc1)C(=O)N2. The van der Waals surface area contributed by atoms with Gasteiger partial charge in [0.1, 0.15) is 5.60 Å². The molecule has 10 nitrogen and oxygen atoms in total. The van der Waals surface area contributed by atoms with E-state index in [2.05, 4.69) is 57.5 Å². The van der Waals surface area contributed by atoms with Gasteiger partial charge < -0.3 is 30.9 Å². The van der Waals surface area contributed by atoms with E-state index in [1.165, 1.54) is 5.69 Å². The topological polar surface area (TPSA) is 124 Å². The molecule has 0 spiro atoms. The van der Waals surface area contributed by atoms with Crippen LogP contribution in [-0.2, 0) is 14.3 Å².